The Hall–Kier alpha value is -1.25. The van der Waals surface area contributed by atoms with Crippen LogP contribution in [-0.4, -0.2) is 13.0 Å². The monoisotopic (exact) mass is 169 g/mol. The van der Waals surface area contributed by atoms with Crippen molar-refractivity contribution >= 4 is 6.41 Å². The molecule has 0 saturated heterocycles. The fraction of sp³-hybridized carbons (Fsp3) is 0.444. The van der Waals surface area contributed by atoms with Crippen LogP contribution in [0.25, 0.3) is 0 Å². The van der Waals surface area contributed by atoms with Crippen LogP contribution in [0, 0.1) is 0 Å². The first-order valence-corrected chi connectivity index (χ1v) is 4.06. The molecule has 0 radical (unpaired) electrons. The molecule has 0 atom stereocenters. The number of hydrogen-bond donors (Lipinski definition) is 1. The van der Waals surface area contributed by atoms with Gasteiger partial charge in [0.15, 0.2) is 0 Å². The SMILES string of the molecule is CCCCNC=O.c1ccoc1. The quantitative estimate of drug-likeness (QED) is 0.551. The number of furan rings is 1. The van der Waals surface area contributed by atoms with Crippen LogP contribution in [0.4, 0.5) is 0 Å². The molecule has 0 aliphatic heterocycles. The number of hydrogen-bond acceptors (Lipinski definition) is 2. The Balaban J connectivity index is 0.000000211. The Morgan fingerprint density at radius 1 is 1.42 bits per heavy atom. The molecule has 0 unspecified atom stereocenters. The highest BCUT2D eigenvalue weighted by molar-refractivity contribution is 5.45. The molecular formula is C9H15NO2. The second-order valence-corrected chi connectivity index (χ2v) is 2.22. The van der Waals surface area contributed by atoms with Crippen LogP contribution in [0.2, 0.25) is 0 Å². The van der Waals surface area contributed by atoms with Gasteiger partial charge in [0.1, 0.15) is 0 Å². The Morgan fingerprint density at radius 2 is 2.08 bits per heavy atom. The maximum absolute atomic E-state index is 9.57. The number of amides is 1. The van der Waals surface area contributed by atoms with Gasteiger partial charge in [0.25, 0.3) is 0 Å². The molecule has 1 amide bonds. The van der Waals surface area contributed by atoms with E-state index in [1.54, 1.807) is 12.5 Å². The molecule has 1 aromatic rings. The molecule has 12 heavy (non-hydrogen) atoms. The zero-order valence-corrected chi connectivity index (χ0v) is 7.32. The molecule has 0 aliphatic rings. The predicted octanol–water partition coefficient (Wildman–Crippen LogP) is 1.81. The maximum Gasteiger partial charge on any atom is 0.207 e. The fourth-order valence-corrected chi connectivity index (χ4v) is 0.565. The smallest absolute Gasteiger partial charge is 0.207 e. The summed E-state index contributed by atoms with van der Waals surface area (Å²) in [6, 6.07) is 3.67. The first kappa shape index (κ1) is 10.8. The van der Waals surface area contributed by atoms with E-state index in [1.807, 2.05) is 12.1 Å². The zero-order chi connectivity index (χ0) is 9.07. The topological polar surface area (TPSA) is 42.2 Å². The van der Waals surface area contributed by atoms with Crippen molar-refractivity contribution in [3.8, 4) is 0 Å². The standard InChI is InChI=1S/C5H11NO.C4H4O/c1-2-3-4-6-5-7;1-2-4-5-3-1/h5H,2-4H2,1H3,(H,6,7);1-4H. The molecule has 68 valence electrons. The molecule has 0 aliphatic carbocycles. The zero-order valence-electron chi connectivity index (χ0n) is 7.32. The number of nitrogens with one attached hydrogen (secondary N) is 1. The molecule has 1 heterocycles. The minimum Gasteiger partial charge on any atom is -0.473 e. The summed E-state index contributed by atoms with van der Waals surface area (Å²) in [6.45, 7) is 2.91. The normalized spacial score (nSPS) is 8.08. The summed E-state index contributed by atoms with van der Waals surface area (Å²) in [5.74, 6) is 0. The third kappa shape index (κ3) is 8.75. The molecule has 3 heteroatoms. The fourth-order valence-electron chi connectivity index (χ4n) is 0.565. The average Bonchev–Trinajstić information content (AvgIpc) is 2.62. The van der Waals surface area contributed by atoms with Crippen molar-refractivity contribution in [2.75, 3.05) is 6.54 Å². The van der Waals surface area contributed by atoms with Crippen LogP contribution >= 0.6 is 0 Å². The first-order valence-electron chi connectivity index (χ1n) is 4.06. The van der Waals surface area contributed by atoms with E-state index in [4.69, 9.17) is 0 Å². The molecule has 3 nitrogen and oxygen atoms in total. The lowest BCUT2D eigenvalue weighted by Crippen LogP contribution is -2.11. The van der Waals surface area contributed by atoms with E-state index in [0.717, 1.165) is 25.8 Å². The van der Waals surface area contributed by atoms with Crippen molar-refractivity contribution in [2.45, 2.75) is 19.8 Å². The molecule has 0 spiro atoms. The number of rotatable bonds is 4. The van der Waals surface area contributed by atoms with E-state index < -0.39 is 0 Å². The summed E-state index contributed by atoms with van der Waals surface area (Å²) >= 11 is 0. The molecule has 0 aromatic carbocycles. The van der Waals surface area contributed by atoms with Gasteiger partial charge < -0.3 is 9.73 Å². The lowest BCUT2D eigenvalue weighted by molar-refractivity contribution is -0.109. The van der Waals surface area contributed by atoms with Crippen molar-refractivity contribution in [1.82, 2.24) is 5.32 Å². The summed E-state index contributed by atoms with van der Waals surface area (Å²) in [6.07, 6.45) is 6.20. The summed E-state index contributed by atoms with van der Waals surface area (Å²) in [7, 11) is 0. The van der Waals surface area contributed by atoms with E-state index in [-0.39, 0.29) is 0 Å². The van der Waals surface area contributed by atoms with Gasteiger partial charge in [-0.2, -0.15) is 0 Å². The van der Waals surface area contributed by atoms with E-state index in [1.165, 1.54) is 0 Å². The van der Waals surface area contributed by atoms with Crippen LogP contribution < -0.4 is 5.32 Å². The summed E-state index contributed by atoms with van der Waals surface area (Å²) in [5.41, 5.74) is 0. The highest BCUT2D eigenvalue weighted by Crippen LogP contribution is 1.80. The van der Waals surface area contributed by atoms with Crippen molar-refractivity contribution in [3.63, 3.8) is 0 Å². The van der Waals surface area contributed by atoms with Gasteiger partial charge in [0, 0.05) is 6.54 Å². The molecule has 0 saturated carbocycles. The molecule has 1 rings (SSSR count). The first-order chi connectivity index (χ1) is 5.91. The minimum atomic E-state index is 0.732. The van der Waals surface area contributed by atoms with Crippen molar-refractivity contribution in [2.24, 2.45) is 0 Å². The van der Waals surface area contributed by atoms with Crippen LogP contribution in [0.5, 0.6) is 0 Å². The van der Waals surface area contributed by atoms with Gasteiger partial charge >= 0.3 is 0 Å². The number of carbonyl (C=O) groups is 1. The largest absolute Gasteiger partial charge is 0.473 e. The van der Waals surface area contributed by atoms with Crippen LogP contribution in [0.1, 0.15) is 19.8 Å². The summed E-state index contributed by atoms with van der Waals surface area (Å²) in [5, 5.41) is 2.57. The lowest BCUT2D eigenvalue weighted by atomic mass is 10.3. The van der Waals surface area contributed by atoms with Gasteiger partial charge in [-0.3, -0.25) is 4.79 Å². The van der Waals surface area contributed by atoms with Crippen molar-refractivity contribution in [1.29, 1.82) is 0 Å². The third-order valence-corrected chi connectivity index (χ3v) is 1.18. The van der Waals surface area contributed by atoms with Gasteiger partial charge in [-0.25, -0.2) is 0 Å². The van der Waals surface area contributed by atoms with Crippen molar-refractivity contribution in [3.05, 3.63) is 24.7 Å². The second-order valence-electron chi connectivity index (χ2n) is 2.22. The van der Waals surface area contributed by atoms with Crippen molar-refractivity contribution < 1.29 is 9.21 Å². The average molecular weight is 169 g/mol. The maximum atomic E-state index is 9.57. The summed E-state index contributed by atoms with van der Waals surface area (Å²) in [4.78, 5) is 9.57. The van der Waals surface area contributed by atoms with Gasteiger partial charge in [0.2, 0.25) is 6.41 Å². The Kier molecular flexibility index (Phi) is 8.73. The molecule has 0 fully saturated rings. The highest BCUT2D eigenvalue weighted by Gasteiger charge is 1.76. The van der Waals surface area contributed by atoms with E-state index in [0.29, 0.717) is 0 Å². The lowest BCUT2D eigenvalue weighted by Gasteiger charge is -1.90. The summed E-state index contributed by atoms with van der Waals surface area (Å²) < 4.78 is 4.58. The van der Waals surface area contributed by atoms with Crippen LogP contribution in [0.3, 0.4) is 0 Å². The van der Waals surface area contributed by atoms with Gasteiger partial charge in [-0.1, -0.05) is 13.3 Å². The van der Waals surface area contributed by atoms with Crippen LogP contribution in [0.15, 0.2) is 29.1 Å². The Morgan fingerprint density at radius 3 is 2.42 bits per heavy atom. The van der Waals surface area contributed by atoms with E-state index in [2.05, 4.69) is 16.7 Å². The third-order valence-electron chi connectivity index (χ3n) is 1.18. The van der Waals surface area contributed by atoms with Gasteiger partial charge in [-0.15, -0.1) is 0 Å². The molecule has 1 aromatic heterocycles. The minimum absolute atomic E-state index is 0.732. The number of unbranched alkanes of at least 4 members (excludes halogenated alkanes) is 1. The Labute approximate surface area is 72.8 Å². The number of carbonyl (C=O) groups excluding carboxylic acids is 1. The second kappa shape index (κ2) is 9.75. The van der Waals surface area contributed by atoms with Gasteiger partial charge in [-0.05, 0) is 18.6 Å². The molecule has 1 N–H and O–H groups in total. The van der Waals surface area contributed by atoms with Gasteiger partial charge in [0.05, 0.1) is 12.5 Å². The Bertz CT molecular complexity index is 144. The van der Waals surface area contributed by atoms with E-state index in [9.17, 15) is 4.79 Å². The highest BCUT2D eigenvalue weighted by atomic mass is 16.3. The predicted molar refractivity (Wildman–Crippen MR) is 47.7 cm³/mol. The van der Waals surface area contributed by atoms with E-state index >= 15 is 0 Å². The molecule has 0 bridgehead atoms. The van der Waals surface area contributed by atoms with Crippen LogP contribution in [-0.2, 0) is 4.79 Å². The molecular weight excluding hydrogens is 154 g/mol.